The Bertz CT molecular complexity index is 1030. The molecule has 1 aliphatic heterocycles. The number of aromatic nitrogens is 2. The van der Waals surface area contributed by atoms with E-state index in [0.29, 0.717) is 36.6 Å². The van der Waals surface area contributed by atoms with Crippen molar-refractivity contribution >= 4 is 16.9 Å². The smallest absolute Gasteiger partial charge is 0.287 e. The van der Waals surface area contributed by atoms with Crippen molar-refractivity contribution in [3.8, 4) is 0 Å². The largest absolute Gasteiger partial charge is 0.451 e. The van der Waals surface area contributed by atoms with E-state index in [1.807, 2.05) is 56.2 Å². The monoisotopic (exact) mass is 410 g/mol. The van der Waals surface area contributed by atoms with Crippen LogP contribution in [0.3, 0.4) is 0 Å². The Balaban J connectivity index is 1.44. The summed E-state index contributed by atoms with van der Waals surface area (Å²) < 4.78 is 7.53. The van der Waals surface area contributed by atoms with E-state index in [1.165, 1.54) is 5.56 Å². The minimum absolute atomic E-state index is 0.205. The number of nitrogens with one attached hydrogen (secondary N) is 1. The predicted molar refractivity (Wildman–Crippen MR) is 115 cm³/mol. The van der Waals surface area contributed by atoms with Crippen molar-refractivity contribution < 1.29 is 14.3 Å². The molecule has 0 atom stereocenters. The highest BCUT2D eigenvalue weighted by atomic mass is 16.3. The molecule has 7 heteroatoms. The van der Waals surface area contributed by atoms with Gasteiger partial charge in [-0.15, -0.1) is 0 Å². The van der Waals surface area contributed by atoms with Gasteiger partial charge in [0.2, 0.25) is 0 Å². The van der Waals surface area contributed by atoms with E-state index < -0.39 is 5.60 Å². The van der Waals surface area contributed by atoms with Crippen molar-refractivity contribution in [3.05, 3.63) is 53.5 Å². The first-order valence-corrected chi connectivity index (χ1v) is 10.6. The normalized spacial score (nSPS) is 17.0. The molecule has 0 aliphatic carbocycles. The Morgan fingerprint density at radius 1 is 1.30 bits per heavy atom. The molecule has 0 unspecified atom stereocenters. The van der Waals surface area contributed by atoms with Crippen LogP contribution in [0.2, 0.25) is 0 Å². The summed E-state index contributed by atoms with van der Waals surface area (Å²) in [5.74, 6) is 0.480. The number of rotatable bonds is 6. The molecule has 1 fully saturated rings. The van der Waals surface area contributed by atoms with Crippen LogP contribution >= 0.6 is 0 Å². The van der Waals surface area contributed by atoms with Gasteiger partial charge in [0.15, 0.2) is 5.76 Å². The fraction of sp³-hybridized carbons (Fsp3) is 0.478. The molecule has 1 amide bonds. The molecule has 160 valence electrons. The average molecular weight is 411 g/mol. The molecule has 30 heavy (non-hydrogen) atoms. The minimum atomic E-state index is -0.864. The summed E-state index contributed by atoms with van der Waals surface area (Å²) in [5.41, 5.74) is 1.86. The topological polar surface area (TPSA) is 83.5 Å². The highest BCUT2D eigenvalue weighted by Gasteiger charge is 2.34. The van der Waals surface area contributed by atoms with E-state index >= 15 is 0 Å². The van der Waals surface area contributed by atoms with Crippen LogP contribution in [-0.2, 0) is 19.2 Å². The summed E-state index contributed by atoms with van der Waals surface area (Å²) in [7, 11) is 1.92. The molecule has 1 aliphatic rings. The minimum Gasteiger partial charge on any atom is -0.451 e. The van der Waals surface area contributed by atoms with E-state index in [4.69, 9.17) is 4.42 Å². The van der Waals surface area contributed by atoms with Crippen LogP contribution < -0.4 is 5.32 Å². The third-order valence-corrected chi connectivity index (χ3v) is 5.80. The Hall–Kier alpha value is -2.64. The van der Waals surface area contributed by atoms with Crippen molar-refractivity contribution in [2.45, 2.75) is 38.8 Å². The third-order valence-electron chi connectivity index (χ3n) is 5.80. The van der Waals surface area contributed by atoms with Crippen LogP contribution in [0.4, 0.5) is 0 Å². The Morgan fingerprint density at radius 3 is 2.73 bits per heavy atom. The van der Waals surface area contributed by atoms with E-state index in [1.54, 1.807) is 6.07 Å². The number of likely N-dealkylation sites (tertiary alicyclic amines) is 1. The van der Waals surface area contributed by atoms with Crippen molar-refractivity contribution in [1.82, 2.24) is 20.0 Å². The molecule has 0 bridgehead atoms. The number of hydrogen-bond acceptors (Lipinski definition) is 5. The van der Waals surface area contributed by atoms with E-state index in [-0.39, 0.29) is 5.91 Å². The second kappa shape index (κ2) is 8.24. The van der Waals surface area contributed by atoms with Gasteiger partial charge >= 0.3 is 0 Å². The van der Waals surface area contributed by atoms with Crippen molar-refractivity contribution in [3.63, 3.8) is 0 Å². The van der Waals surface area contributed by atoms with Crippen molar-refractivity contribution in [2.24, 2.45) is 13.0 Å². The standard InChI is InChI=1S/C23H30N4O3/c1-16(2)12-24-22(28)21-11-18-10-19(4-5-20(18)30-21)23(29)6-8-27(9-7-23)15-17-13-25-26(3)14-17/h4-5,10-11,13-14,16,29H,6-9,12,15H2,1-3H3,(H,24,28). The molecule has 7 nitrogen and oxygen atoms in total. The zero-order valence-electron chi connectivity index (χ0n) is 17.9. The van der Waals surface area contributed by atoms with E-state index in [0.717, 1.165) is 30.6 Å². The number of aryl methyl sites for hydroxylation is 1. The number of carbonyl (C=O) groups excluding carboxylic acids is 1. The van der Waals surface area contributed by atoms with Gasteiger partial charge in [-0.1, -0.05) is 19.9 Å². The summed E-state index contributed by atoms with van der Waals surface area (Å²) in [6.45, 7) is 7.19. The van der Waals surface area contributed by atoms with Gasteiger partial charge in [-0.3, -0.25) is 14.4 Å². The molecule has 2 N–H and O–H groups in total. The Morgan fingerprint density at radius 2 is 2.07 bits per heavy atom. The van der Waals surface area contributed by atoms with Crippen LogP contribution in [0.5, 0.6) is 0 Å². The van der Waals surface area contributed by atoms with Gasteiger partial charge in [0.05, 0.1) is 11.8 Å². The summed E-state index contributed by atoms with van der Waals surface area (Å²) in [5, 5.41) is 19.2. The summed E-state index contributed by atoms with van der Waals surface area (Å²) in [6, 6.07) is 7.48. The maximum Gasteiger partial charge on any atom is 0.287 e. The molecule has 4 rings (SSSR count). The maximum absolute atomic E-state index is 12.3. The summed E-state index contributed by atoms with van der Waals surface area (Å²) in [6.07, 6.45) is 5.25. The molecule has 0 saturated carbocycles. The maximum atomic E-state index is 12.3. The predicted octanol–water partition coefficient (Wildman–Crippen LogP) is 3.04. The second-order valence-electron chi connectivity index (χ2n) is 8.80. The lowest BCUT2D eigenvalue weighted by Crippen LogP contribution is -2.42. The lowest BCUT2D eigenvalue weighted by atomic mass is 9.84. The number of benzene rings is 1. The van der Waals surface area contributed by atoms with Gasteiger partial charge in [-0.25, -0.2) is 0 Å². The van der Waals surface area contributed by atoms with Gasteiger partial charge < -0.3 is 14.8 Å². The molecule has 3 heterocycles. The number of carbonyl (C=O) groups is 1. The number of nitrogens with zero attached hydrogens (tertiary/aromatic N) is 3. The lowest BCUT2D eigenvalue weighted by molar-refractivity contribution is -0.0276. The average Bonchev–Trinajstić information content (AvgIpc) is 3.33. The highest BCUT2D eigenvalue weighted by Crippen LogP contribution is 2.35. The molecule has 2 aromatic heterocycles. The quantitative estimate of drug-likeness (QED) is 0.653. The number of furan rings is 1. The lowest BCUT2D eigenvalue weighted by Gasteiger charge is -2.38. The van der Waals surface area contributed by atoms with Gasteiger partial charge in [0, 0.05) is 50.4 Å². The molecule has 0 spiro atoms. The molecule has 1 aromatic carbocycles. The van der Waals surface area contributed by atoms with E-state index in [2.05, 4.69) is 15.3 Å². The van der Waals surface area contributed by atoms with Gasteiger partial charge in [-0.2, -0.15) is 5.10 Å². The van der Waals surface area contributed by atoms with Crippen molar-refractivity contribution in [1.29, 1.82) is 0 Å². The van der Waals surface area contributed by atoms with Crippen LogP contribution in [-0.4, -0.2) is 45.3 Å². The molecule has 0 radical (unpaired) electrons. The first-order valence-electron chi connectivity index (χ1n) is 10.6. The van der Waals surface area contributed by atoms with Crippen LogP contribution in [0.15, 0.2) is 41.1 Å². The first-order chi connectivity index (χ1) is 14.3. The summed E-state index contributed by atoms with van der Waals surface area (Å²) >= 11 is 0. The van der Waals surface area contributed by atoms with Gasteiger partial charge in [0.1, 0.15) is 5.58 Å². The van der Waals surface area contributed by atoms with Gasteiger partial charge in [-0.05, 0) is 42.5 Å². The first kappa shape index (κ1) is 20.6. The second-order valence-corrected chi connectivity index (χ2v) is 8.80. The van der Waals surface area contributed by atoms with Crippen LogP contribution in [0.25, 0.3) is 11.0 Å². The van der Waals surface area contributed by atoms with Crippen molar-refractivity contribution in [2.75, 3.05) is 19.6 Å². The number of fused-ring (bicyclic) bond motifs is 1. The third kappa shape index (κ3) is 4.42. The Labute approximate surface area is 176 Å². The number of amides is 1. The highest BCUT2D eigenvalue weighted by molar-refractivity contribution is 5.96. The fourth-order valence-corrected chi connectivity index (χ4v) is 4.01. The van der Waals surface area contributed by atoms with E-state index in [9.17, 15) is 9.90 Å². The molecule has 3 aromatic rings. The molecular weight excluding hydrogens is 380 g/mol. The zero-order valence-corrected chi connectivity index (χ0v) is 17.9. The van der Waals surface area contributed by atoms with Gasteiger partial charge in [0.25, 0.3) is 5.91 Å². The Kier molecular flexibility index (Phi) is 5.66. The van der Waals surface area contributed by atoms with Crippen LogP contribution in [0.1, 0.15) is 48.4 Å². The zero-order chi connectivity index (χ0) is 21.3. The number of hydrogen-bond donors (Lipinski definition) is 2. The number of piperidine rings is 1. The SMILES string of the molecule is CC(C)CNC(=O)c1cc2cc(C3(O)CCN(Cc4cnn(C)c4)CC3)ccc2o1. The molecule has 1 saturated heterocycles. The summed E-state index contributed by atoms with van der Waals surface area (Å²) in [4.78, 5) is 14.6. The van der Waals surface area contributed by atoms with Crippen LogP contribution in [0, 0.1) is 5.92 Å². The number of aliphatic hydroxyl groups is 1. The molecular formula is C23H30N4O3. The fourth-order valence-electron chi connectivity index (χ4n) is 4.01.